The van der Waals surface area contributed by atoms with E-state index >= 15 is 0 Å². The molecule has 1 fully saturated rings. The van der Waals surface area contributed by atoms with Crippen molar-refractivity contribution < 1.29 is 14.4 Å². The zero-order valence-electron chi connectivity index (χ0n) is 16.2. The highest BCUT2D eigenvalue weighted by molar-refractivity contribution is 6.19. The van der Waals surface area contributed by atoms with Gasteiger partial charge >= 0.3 is 0 Å². The van der Waals surface area contributed by atoms with Crippen molar-refractivity contribution in [3.05, 3.63) is 48.3 Å². The van der Waals surface area contributed by atoms with Crippen molar-refractivity contribution in [3.63, 3.8) is 0 Å². The molecule has 2 aromatic rings. The highest BCUT2D eigenvalue weighted by Gasteiger charge is 2.48. The fraction of sp³-hybridized carbons (Fsp3) is 0.333. The summed E-state index contributed by atoms with van der Waals surface area (Å²) in [5.74, 6) is -0.681. The van der Waals surface area contributed by atoms with E-state index < -0.39 is 0 Å². The SMILES string of the molecule is O=C(CN1CCCC2=C1C(=O)N(C1CC1)C2=O)Nc1ccc(-c2cncnc2)nc1. The van der Waals surface area contributed by atoms with Gasteiger partial charge in [0.2, 0.25) is 5.91 Å². The van der Waals surface area contributed by atoms with Gasteiger partial charge in [-0.2, -0.15) is 0 Å². The molecule has 2 aromatic heterocycles. The monoisotopic (exact) mass is 404 g/mol. The topological polar surface area (TPSA) is 108 Å². The number of amides is 3. The van der Waals surface area contributed by atoms with Crippen LogP contribution in [0.1, 0.15) is 25.7 Å². The standard InChI is InChI=1S/C21H20N6O3/c28-18(25-14-3-6-17(24-10-14)13-8-22-12-23-9-13)11-26-7-1-2-16-19(26)21(30)27(20(16)29)15-4-5-15/h3,6,8-10,12,15H,1-2,4-5,7,11H2,(H,25,28). The van der Waals surface area contributed by atoms with E-state index in [0.29, 0.717) is 35.6 Å². The lowest BCUT2D eigenvalue weighted by molar-refractivity contribution is -0.138. The normalized spacial score (nSPS) is 18.7. The van der Waals surface area contributed by atoms with E-state index in [4.69, 9.17) is 0 Å². The predicted molar refractivity (Wildman–Crippen MR) is 107 cm³/mol. The van der Waals surface area contributed by atoms with Gasteiger partial charge in [-0.3, -0.25) is 24.3 Å². The maximum absolute atomic E-state index is 12.8. The number of carbonyl (C=O) groups excluding carboxylic acids is 3. The quantitative estimate of drug-likeness (QED) is 0.750. The van der Waals surface area contributed by atoms with Crippen molar-refractivity contribution in [1.29, 1.82) is 0 Å². The van der Waals surface area contributed by atoms with Gasteiger partial charge in [-0.15, -0.1) is 0 Å². The van der Waals surface area contributed by atoms with Crippen LogP contribution in [0.5, 0.6) is 0 Å². The van der Waals surface area contributed by atoms with E-state index in [1.165, 1.54) is 11.2 Å². The van der Waals surface area contributed by atoms with Crippen LogP contribution >= 0.6 is 0 Å². The van der Waals surface area contributed by atoms with E-state index in [1.54, 1.807) is 35.6 Å². The van der Waals surface area contributed by atoms with Crippen molar-refractivity contribution in [2.45, 2.75) is 31.7 Å². The van der Waals surface area contributed by atoms with Crippen LogP contribution in [0.4, 0.5) is 5.69 Å². The summed E-state index contributed by atoms with van der Waals surface area (Å²) < 4.78 is 0. The Labute approximate surface area is 172 Å². The molecule has 1 N–H and O–H groups in total. The third kappa shape index (κ3) is 3.32. The number of rotatable bonds is 5. The van der Waals surface area contributed by atoms with E-state index in [0.717, 1.165) is 24.8 Å². The van der Waals surface area contributed by atoms with Crippen molar-refractivity contribution >= 4 is 23.4 Å². The molecule has 0 spiro atoms. The molecule has 3 aliphatic rings. The van der Waals surface area contributed by atoms with Crippen LogP contribution in [0.2, 0.25) is 0 Å². The van der Waals surface area contributed by atoms with Gasteiger partial charge in [-0.1, -0.05) is 0 Å². The molecule has 1 aliphatic carbocycles. The van der Waals surface area contributed by atoms with Crippen LogP contribution in [0, 0.1) is 0 Å². The Balaban J connectivity index is 1.26. The van der Waals surface area contributed by atoms with Crippen molar-refractivity contribution in [2.75, 3.05) is 18.4 Å². The van der Waals surface area contributed by atoms with Crippen LogP contribution in [0.25, 0.3) is 11.3 Å². The number of imide groups is 1. The summed E-state index contributed by atoms with van der Waals surface area (Å²) in [7, 11) is 0. The first kappa shape index (κ1) is 18.4. The number of hydrogen-bond acceptors (Lipinski definition) is 7. The molecule has 1 saturated carbocycles. The summed E-state index contributed by atoms with van der Waals surface area (Å²) in [6.07, 6.45) is 9.44. The van der Waals surface area contributed by atoms with Gasteiger partial charge in [-0.25, -0.2) is 9.97 Å². The highest BCUT2D eigenvalue weighted by Crippen LogP contribution is 2.38. The van der Waals surface area contributed by atoms with Gasteiger partial charge in [0.05, 0.1) is 24.1 Å². The van der Waals surface area contributed by atoms with Crippen LogP contribution in [-0.4, -0.2) is 61.6 Å². The smallest absolute Gasteiger partial charge is 0.277 e. The first-order chi connectivity index (χ1) is 14.6. The fourth-order valence-corrected chi connectivity index (χ4v) is 3.96. The minimum Gasteiger partial charge on any atom is -0.357 e. The van der Waals surface area contributed by atoms with Crippen LogP contribution < -0.4 is 5.32 Å². The van der Waals surface area contributed by atoms with Gasteiger partial charge in [0.25, 0.3) is 11.8 Å². The highest BCUT2D eigenvalue weighted by atomic mass is 16.2. The third-order valence-corrected chi connectivity index (χ3v) is 5.51. The first-order valence-electron chi connectivity index (χ1n) is 9.99. The first-order valence-corrected chi connectivity index (χ1v) is 9.99. The molecular formula is C21H20N6O3. The molecule has 0 unspecified atom stereocenters. The Bertz CT molecular complexity index is 1050. The molecule has 5 rings (SSSR count). The van der Waals surface area contributed by atoms with Crippen molar-refractivity contribution in [1.82, 2.24) is 24.8 Å². The molecule has 0 radical (unpaired) electrons. The molecule has 0 atom stereocenters. The summed E-state index contributed by atoms with van der Waals surface area (Å²) in [5, 5.41) is 2.81. The Kier molecular flexibility index (Phi) is 4.50. The molecule has 3 amide bonds. The molecule has 152 valence electrons. The second-order valence-electron chi connectivity index (χ2n) is 7.67. The number of nitrogens with zero attached hydrogens (tertiary/aromatic N) is 5. The fourth-order valence-electron chi connectivity index (χ4n) is 3.96. The van der Waals surface area contributed by atoms with Gasteiger partial charge in [0.1, 0.15) is 12.0 Å². The molecule has 0 aromatic carbocycles. The van der Waals surface area contributed by atoms with Crippen LogP contribution in [0.3, 0.4) is 0 Å². The van der Waals surface area contributed by atoms with Gasteiger partial charge in [-0.05, 0) is 37.8 Å². The van der Waals surface area contributed by atoms with Crippen LogP contribution in [0.15, 0.2) is 48.3 Å². The second kappa shape index (κ2) is 7.33. The maximum atomic E-state index is 12.8. The number of anilines is 1. The summed E-state index contributed by atoms with van der Waals surface area (Å²) >= 11 is 0. The summed E-state index contributed by atoms with van der Waals surface area (Å²) in [6, 6.07) is 3.57. The summed E-state index contributed by atoms with van der Waals surface area (Å²) in [6.45, 7) is 0.597. The number of hydrogen-bond donors (Lipinski definition) is 1. The van der Waals surface area contributed by atoms with E-state index in [1.807, 2.05) is 0 Å². The second-order valence-corrected chi connectivity index (χ2v) is 7.67. The minimum atomic E-state index is -0.258. The van der Waals surface area contributed by atoms with Gasteiger partial charge < -0.3 is 10.2 Å². The maximum Gasteiger partial charge on any atom is 0.277 e. The molecule has 9 nitrogen and oxygen atoms in total. The Morgan fingerprint density at radius 3 is 2.60 bits per heavy atom. The number of aromatic nitrogens is 3. The zero-order valence-corrected chi connectivity index (χ0v) is 16.2. The lowest BCUT2D eigenvalue weighted by Gasteiger charge is -2.28. The Hall–Kier alpha value is -3.62. The Morgan fingerprint density at radius 1 is 1.10 bits per heavy atom. The van der Waals surface area contributed by atoms with E-state index in [9.17, 15) is 14.4 Å². The molecular weight excluding hydrogens is 384 g/mol. The van der Waals surface area contributed by atoms with E-state index in [-0.39, 0.29) is 30.3 Å². The minimum absolute atomic E-state index is 0.0185. The summed E-state index contributed by atoms with van der Waals surface area (Å²) in [4.78, 5) is 53.4. The lowest BCUT2D eigenvalue weighted by Crippen LogP contribution is -2.40. The molecule has 4 heterocycles. The third-order valence-electron chi connectivity index (χ3n) is 5.51. The number of nitrogens with one attached hydrogen (secondary N) is 1. The lowest BCUT2D eigenvalue weighted by atomic mass is 10.0. The number of carbonyl (C=O) groups is 3. The molecule has 30 heavy (non-hydrogen) atoms. The van der Waals surface area contributed by atoms with Crippen molar-refractivity contribution in [3.8, 4) is 11.3 Å². The molecule has 9 heteroatoms. The molecule has 0 saturated heterocycles. The van der Waals surface area contributed by atoms with Gasteiger partial charge in [0, 0.05) is 36.1 Å². The summed E-state index contributed by atoms with van der Waals surface area (Å²) in [5.41, 5.74) is 3.01. The predicted octanol–water partition coefficient (Wildman–Crippen LogP) is 1.36. The average molecular weight is 404 g/mol. The Morgan fingerprint density at radius 2 is 1.90 bits per heavy atom. The molecule has 0 bridgehead atoms. The zero-order chi connectivity index (χ0) is 20.7. The number of pyridine rings is 1. The largest absolute Gasteiger partial charge is 0.357 e. The molecule has 2 aliphatic heterocycles. The van der Waals surface area contributed by atoms with E-state index in [2.05, 4.69) is 20.3 Å². The van der Waals surface area contributed by atoms with Crippen molar-refractivity contribution in [2.24, 2.45) is 0 Å². The average Bonchev–Trinajstić information content (AvgIpc) is 3.56. The van der Waals surface area contributed by atoms with Crippen LogP contribution in [-0.2, 0) is 14.4 Å². The van der Waals surface area contributed by atoms with Gasteiger partial charge in [0.15, 0.2) is 0 Å².